The van der Waals surface area contributed by atoms with Gasteiger partial charge in [-0.05, 0) is 83.6 Å². The monoisotopic (exact) mass is 968 g/mol. The molecule has 3 aliphatic rings. The zero-order valence-corrected chi connectivity index (χ0v) is 43.4. The summed E-state index contributed by atoms with van der Waals surface area (Å²) in [6.07, 6.45) is 7.74. The SMILES string of the molecule is COC(=O)N[C@H](C(=O)N1CCC[C@H]1c1nc(-c2ccc(C3CCC(c4ccc(-c5c[nH]c([C@@H]6CCCN6C(=O)[C@@H](NC(=O)OC)C(C)(C)C)n5)cc4)N3c3ccc(C(C)(C)C)cc3)cc2)c[nH]1)C(C)(C)C. The summed E-state index contributed by atoms with van der Waals surface area (Å²) in [7, 11) is 2.61. The van der Waals surface area contributed by atoms with Crippen LogP contribution in [0.25, 0.3) is 22.5 Å². The van der Waals surface area contributed by atoms with Crippen LogP contribution in [0.15, 0.2) is 85.2 Å². The van der Waals surface area contributed by atoms with Gasteiger partial charge in [-0.25, -0.2) is 19.6 Å². The van der Waals surface area contributed by atoms with Gasteiger partial charge in [0.25, 0.3) is 0 Å². The number of H-pyrrole nitrogens is 2. The lowest BCUT2D eigenvalue weighted by Gasteiger charge is -2.35. The van der Waals surface area contributed by atoms with Crippen molar-refractivity contribution < 1.29 is 28.7 Å². The predicted molar refractivity (Wildman–Crippen MR) is 275 cm³/mol. The highest BCUT2D eigenvalue weighted by atomic mass is 16.5. The second-order valence-corrected chi connectivity index (χ2v) is 22.6. The molecule has 6 atom stereocenters. The fourth-order valence-corrected chi connectivity index (χ4v) is 10.6. The van der Waals surface area contributed by atoms with E-state index >= 15 is 0 Å². The third-order valence-corrected chi connectivity index (χ3v) is 14.6. The number of alkyl carbamates (subject to hydrolysis) is 2. The van der Waals surface area contributed by atoms with Crippen LogP contribution >= 0.6 is 0 Å². The predicted octanol–water partition coefficient (Wildman–Crippen LogP) is 10.7. The maximum atomic E-state index is 14.0. The average molecular weight is 968 g/mol. The van der Waals surface area contributed by atoms with Gasteiger partial charge in [-0.3, -0.25) is 9.59 Å². The van der Waals surface area contributed by atoms with Gasteiger partial charge in [0, 0.05) is 42.3 Å². The fraction of sp³-hybridized carbons (Fsp3) is 0.500. The van der Waals surface area contributed by atoms with E-state index in [1.54, 1.807) is 0 Å². The number of nitrogens with one attached hydrogen (secondary N) is 4. The number of amides is 4. The van der Waals surface area contributed by atoms with E-state index in [1.165, 1.54) is 36.6 Å². The molecule has 2 unspecified atom stereocenters. The maximum Gasteiger partial charge on any atom is 0.407 e. The highest BCUT2D eigenvalue weighted by molar-refractivity contribution is 5.88. The van der Waals surface area contributed by atoms with Gasteiger partial charge in [-0.2, -0.15) is 0 Å². The molecule has 3 fully saturated rings. The first-order valence-electron chi connectivity index (χ1n) is 25.2. The number of anilines is 1. The second-order valence-electron chi connectivity index (χ2n) is 22.6. The molecule has 15 heteroatoms. The number of aromatic nitrogens is 4. The summed E-state index contributed by atoms with van der Waals surface area (Å²) in [6, 6.07) is 24.8. The molecule has 3 aliphatic heterocycles. The van der Waals surface area contributed by atoms with Crippen LogP contribution in [-0.2, 0) is 24.5 Å². The van der Waals surface area contributed by atoms with Gasteiger partial charge in [-0.15, -0.1) is 0 Å². The van der Waals surface area contributed by atoms with Crippen molar-refractivity contribution in [2.45, 2.75) is 143 Å². The van der Waals surface area contributed by atoms with Crippen molar-refractivity contribution in [2.24, 2.45) is 10.8 Å². The first kappa shape index (κ1) is 50.7. The number of imidazole rings is 2. The van der Waals surface area contributed by atoms with Gasteiger partial charge >= 0.3 is 12.2 Å². The van der Waals surface area contributed by atoms with Crippen molar-refractivity contribution in [1.29, 1.82) is 0 Å². The summed E-state index contributed by atoms with van der Waals surface area (Å²) in [5, 5.41) is 5.54. The molecule has 0 radical (unpaired) electrons. The van der Waals surface area contributed by atoms with Crippen molar-refractivity contribution in [3.8, 4) is 22.5 Å². The van der Waals surface area contributed by atoms with Crippen molar-refractivity contribution >= 4 is 29.7 Å². The Labute approximate surface area is 418 Å². The molecule has 15 nitrogen and oxygen atoms in total. The van der Waals surface area contributed by atoms with Crippen LogP contribution in [0.3, 0.4) is 0 Å². The minimum atomic E-state index is -0.749. The maximum absolute atomic E-state index is 14.0. The normalized spacial score (nSPS) is 20.5. The number of likely N-dealkylation sites (tertiary alicyclic amines) is 2. The number of carbonyl (C=O) groups excluding carboxylic acids is 4. The second kappa shape index (κ2) is 20.2. The molecule has 3 aromatic carbocycles. The number of benzene rings is 3. The highest BCUT2D eigenvalue weighted by Crippen LogP contribution is 2.48. The molecule has 0 spiro atoms. The van der Waals surface area contributed by atoms with E-state index in [-0.39, 0.29) is 41.4 Å². The lowest BCUT2D eigenvalue weighted by Crippen LogP contribution is -2.54. The van der Waals surface area contributed by atoms with E-state index in [0.29, 0.717) is 13.1 Å². The van der Waals surface area contributed by atoms with E-state index in [9.17, 15) is 19.2 Å². The van der Waals surface area contributed by atoms with Crippen molar-refractivity contribution in [2.75, 3.05) is 32.2 Å². The molecule has 0 saturated carbocycles. The van der Waals surface area contributed by atoms with Crippen molar-refractivity contribution in [3.63, 3.8) is 0 Å². The van der Waals surface area contributed by atoms with E-state index in [4.69, 9.17) is 19.4 Å². The van der Waals surface area contributed by atoms with Crippen LogP contribution in [-0.4, -0.2) is 93.1 Å². The smallest absolute Gasteiger partial charge is 0.407 e. The van der Waals surface area contributed by atoms with Gasteiger partial charge in [0.2, 0.25) is 11.8 Å². The molecule has 0 bridgehead atoms. The topological polar surface area (TPSA) is 178 Å². The molecule has 3 saturated heterocycles. The molecule has 5 heterocycles. The lowest BCUT2D eigenvalue weighted by molar-refractivity contribution is -0.137. The number of hydrogen-bond donors (Lipinski definition) is 4. The minimum Gasteiger partial charge on any atom is -0.453 e. The lowest BCUT2D eigenvalue weighted by atomic mass is 9.85. The number of nitrogens with zero attached hydrogens (tertiary/aromatic N) is 5. The molecular weight excluding hydrogens is 895 g/mol. The molecule has 5 aromatic rings. The first-order chi connectivity index (χ1) is 33.7. The molecule has 71 heavy (non-hydrogen) atoms. The largest absolute Gasteiger partial charge is 0.453 e. The van der Waals surface area contributed by atoms with Crippen LogP contribution < -0.4 is 15.5 Å². The Kier molecular flexibility index (Phi) is 14.5. The van der Waals surface area contributed by atoms with Gasteiger partial charge in [0.05, 0.1) is 49.8 Å². The quantitative estimate of drug-likeness (QED) is 0.100. The molecule has 8 rings (SSSR count). The summed E-state index contributed by atoms with van der Waals surface area (Å²) in [5.74, 6) is 1.17. The number of hydrogen-bond acceptors (Lipinski definition) is 9. The minimum absolute atomic E-state index is 0.0243. The van der Waals surface area contributed by atoms with Gasteiger partial charge in [0.1, 0.15) is 23.7 Å². The number of methoxy groups -OCH3 is 2. The Morgan fingerprint density at radius 2 is 0.958 bits per heavy atom. The Hall–Kier alpha value is -6.64. The summed E-state index contributed by atoms with van der Waals surface area (Å²) in [6.45, 7) is 19.5. The van der Waals surface area contributed by atoms with E-state index < -0.39 is 35.1 Å². The van der Waals surface area contributed by atoms with Gasteiger partial charge < -0.3 is 44.8 Å². The van der Waals surface area contributed by atoms with Crippen molar-refractivity contribution in [1.82, 2.24) is 40.4 Å². The zero-order valence-electron chi connectivity index (χ0n) is 43.4. The summed E-state index contributed by atoms with van der Waals surface area (Å²) < 4.78 is 9.71. The molecular formula is C56H73N9O6. The Morgan fingerprint density at radius 3 is 1.31 bits per heavy atom. The standard InChI is InChI=1S/C56H73N9O6/c1-54(2,3)38-24-26-39(27-25-38)65-42(36-20-16-34(17-21-36)40-32-57-48(59-40)44-14-12-30-63(44)50(66)46(55(4,5)6)61-52(68)70-10)28-29-43(65)37-22-18-35(19-23-37)41-33-58-49(60-41)45-15-13-31-64(45)51(67)47(56(7,8)9)62-53(69)71-11/h16-27,32-33,42-47H,12-15,28-31H2,1-11H3,(H,57,59)(H,58,60)(H,61,68)(H,62,69)/t42?,43?,44-,45-,46+,47+/m0/s1. The highest BCUT2D eigenvalue weighted by Gasteiger charge is 2.43. The van der Waals surface area contributed by atoms with E-state index in [1.807, 2.05) is 63.7 Å². The van der Waals surface area contributed by atoms with Crippen LogP contribution in [0.5, 0.6) is 0 Å². The van der Waals surface area contributed by atoms with Crippen LogP contribution in [0.4, 0.5) is 15.3 Å². The Balaban J connectivity index is 1.01. The molecule has 4 amide bonds. The summed E-state index contributed by atoms with van der Waals surface area (Å²) in [4.78, 5) is 75.5. The number of aromatic amines is 2. The number of rotatable bonds is 11. The molecule has 2 aromatic heterocycles. The average Bonchev–Trinajstić information content (AvgIpc) is 4.21. The van der Waals surface area contributed by atoms with Gasteiger partial charge in [-0.1, -0.05) is 123 Å². The number of carbonyl (C=O) groups is 4. The van der Waals surface area contributed by atoms with Crippen molar-refractivity contribution in [3.05, 3.63) is 114 Å². The Bertz CT molecular complexity index is 2520. The fourth-order valence-electron chi connectivity index (χ4n) is 10.6. The van der Waals surface area contributed by atoms with E-state index in [2.05, 4.69) is 119 Å². The van der Waals surface area contributed by atoms with Crippen LogP contribution in [0.1, 0.15) is 153 Å². The van der Waals surface area contributed by atoms with E-state index in [0.717, 1.165) is 72.7 Å². The van der Waals surface area contributed by atoms with Crippen LogP contribution in [0, 0.1) is 10.8 Å². The Morgan fingerprint density at radius 1 is 0.563 bits per heavy atom. The summed E-state index contributed by atoms with van der Waals surface area (Å²) >= 11 is 0. The number of ether oxygens (including phenoxy) is 2. The molecule has 0 aliphatic carbocycles. The first-order valence-corrected chi connectivity index (χ1v) is 25.2. The molecule has 378 valence electrons. The van der Waals surface area contributed by atoms with Crippen LogP contribution in [0.2, 0.25) is 0 Å². The third-order valence-electron chi connectivity index (χ3n) is 14.6. The van der Waals surface area contributed by atoms with Gasteiger partial charge in [0.15, 0.2) is 0 Å². The molecule has 4 N–H and O–H groups in total. The third kappa shape index (κ3) is 10.8. The summed E-state index contributed by atoms with van der Waals surface area (Å²) in [5.41, 5.74) is 7.47. The zero-order chi connectivity index (χ0) is 51.0.